The van der Waals surface area contributed by atoms with Crippen molar-refractivity contribution in [3.8, 4) is 6.07 Å². The van der Waals surface area contributed by atoms with Crippen molar-refractivity contribution in [2.24, 2.45) is 0 Å². The van der Waals surface area contributed by atoms with E-state index in [0.29, 0.717) is 0 Å². The second kappa shape index (κ2) is 5.54. The van der Waals surface area contributed by atoms with Crippen molar-refractivity contribution in [3.63, 3.8) is 0 Å². The summed E-state index contributed by atoms with van der Waals surface area (Å²) in [5, 5.41) is 19.3. The third kappa shape index (κ3) is 2.68. The van der Waals surface area contributed by atoms with Crippen molar-refractivity contribution in [1.29, 1.82) is 5.26 Å². The predicted molar refractivity (Wildman–Crippen MR) is 58.8 cm³/mol. The van der Waals surface area contributed by atoms with Crippen molar-refractivity contribution >= 4 is 17.4 Å². The number of esters is 1. The number of nitriles is 1. The van der Waals surface area contributed by atoms with Gasteiger partial charge in [-0.3, -0.25) is 14.9 Å². The first-order valence-corrected chi connectivity index (χ1v) is 4.91. The van der Waals surface area contributed by atoms with Crippen LogP contribution in [0.2, 0.25) is 0 Å². The zero-order valence-electron chi connectivity index (χ0n) is 9.37. The summed E-state index contributed by atoms with van der Waals surface area (Å²) in [4.78, 5) is 32.6. The number of nitrogens with zero attached hydrogens (tertiary/aromatic N) is 2. The average molecular weight is 248 g/mol. The van der Waals surface area contributed by atoms with Gasteiger partial charge in [0, 0.05) is 17.7 Å². The molecule has 0 unspecified atom stereocenters. The fourth-order valence-corrected chi connectivity index (χ4v) is 1.24. The fraction of sp³-hybridized carbons (Fsp3) is 0.182. The number of nitro groups is 1. The molecule has 0 bridgehead atoms. The van der Waals surface area contributed by atoms with Gasteiger partial charge in [0.05, 0.1) is 17.1 Å². The lowest BCUT2D eigenvalue weighted by Gasteiger charge is -2.02. The molecule has 1 aromatic carbocycles. The van der Waals surface area contributed by atoms with E-state index >= 15 is 0 Å². The quantitative estimate of drug-likeness (QED) is 0.260. The van der Waals surface area contributed by atoms with E-state index < -0.39 is 16.7 Å². The van der Waals surface area contributed by atoms with Crippen LogP contribution in [0.1, 0.15) is 22.8 Å². The minimum atomic E-state index is -1.09. The summed E-state index contributed by atoms with van der Waals surface area (Å²) in [6, 6.07) is 4.69. The van der Waals surface area contributed by atoms with Gasteiger partial charge in [0.1, 0.15) is 6.07 Å². The maximum Gasteiger partial charge on any atom is 0.379 e. The predicted octanol–water partition coefficient (Wildman–Crippen LogP) is 1.21. The van der Waals surface area contributed by atoms with Crippen LogP contribution in [-0.2, 0) is 9.53 Å². The van der Waals surface area contributed by atoms with Crippen molar-refractivity contribution in [1.82, 2.24) is 0 Å². The monoisotopic (exact) mass is 248 g/mol. The number of benzene rings is 1. The number of ether oxygens (including phenoxy) is 1. The Labute approximate surface area is 102 Å². The van der Waals surface area contributed by atoms with Crippen LogP contribution in [0, 0.1) is 21.4 Å². The van der Waals surface area contributed by atoms with Gasteiger partial charge in [0.25, 0.3) is 11.5 Å². The number of hydrogen-bond acceptors (Lipinski definition) is 6. The first-order valence-electron chi connectivity index (χ1n) is 4.91. The number of non-ortho nitro benzene ring substituents is 1. The van der Waals surface area contributed by atoms with Crippen LogP contribution < -0.4 is 0 Å². The average Bonchev–Trinajstić information content (AvgIpc) is 2.37. The highest BCUT2D eigenvalue weighted by Gasteiger charge is 2.22. The van der Waals surface area contributed by atoms with Crippen LogP contribution in [0.5, 0.6) is 0 Å². The Morgan fingerprint density at radius 2 is 2.17 bits per heavy atom. The first-order chi connectivity index (χ1) is 8.51. The lowest BCUT2D eigenvalue weighted by Crippen LogP contribution is -2.18. The SMILES string of the molecule is CCOC(=O)C(=O)c1ccc([N+](=O)[O-])cc1C#N. The standard InChI is InChI=1S/C11H8N2O5/c1-2-18-11(15)10(14)9-4-3-8(13(16)17)5-7(9)6-12/h3-5H,2H2,1H3. The number of rotatable bonds is 4. The van der Waals surface area contributed by atoms with Crippen LogP contribution in [-0.4, -0.2) is 23.3 Å². The molecule has 1 rings (SSSR count). The van der Waals surface area contributed by atoms with Crippen LogP contribution >= 0.6 is 0 Å². The molecule has 0 atom stereocenters. The number of ketones is 1. The molecule has 0 heterocycles. The van der Waals surface area contributed by atoms with Gasteiger partial charge in [-0.05, 0) is 13.0 Å². The zero-order valence-corrected chi connectivity index (χ0v) is 9.37. The molecule has 0 aliphatic carbocycles. The minimum Gasteiger partial charge on any atom is -0.460 e. The zero-order chi connectivity index (χ0) is 13.7. The molecular formula is C11H8N2O5. The number of carbonyl (C=O) groups is 2. The number of hydrogen-bond donors (Lipinski definition) is 0. The van der Waals surface area contributed by atoms with E-state index in [9.17, 15) is 19.7 Å². The van der Waals surface area contributed by atoms with Crippen LogP contribution in [0.4, 0.5) is 5.69 Å². The third-order valence-electron chi connectivity index (χ3n) is 2.04. The maximum absolute atomic E-state index is 11.6. The molecule has 92 valence electrons. The number of carbonyl (C=O) groups excluding carboxylic acids is 2. The normalized spacial score (nSPS) is 9.33. The third-order valence-corrected chi connectivity index (χ3v) is 2.04. The highest BCUT2D eigenvalue weighted by molar-refractivity contribution is 6.41. The second-order valence-corrected chi connectivity index (χ2v) is 3.15. The van der Waals surface area contributed by atoms with Gasteiger partial charge >= 0.3 is 5.97 Å². The fourth-order valence-electron chi connectivity index (χ4n) is 1.24. The Morgan fingerprint density at radius 3 is 2.67 bits per heavy atom. The van der Waals surface area contributed by atoms with Gasteiger partial charge in [0.2, 0.25) is 0 Å². The molecule has 0 N–H and O–H groups in total. The van der Waals surface area contributed by atoms with Gasteiger partial charge in [0.15, 0.2) is 0 Å². The highest BCUT2D eigenvalue weighted by Crippen LogP contribution is 2.18. The lowest BCUT2D eigenvalue weighted by atomic mass is 10.0. The van der Waals surface area contributed by atoms with Gasteiger partial charge in [-0.15, -0.1) is 0 Å². The molecule has 1 aromatic rings. The number of Topliss-reactive ketones (excluding diaryl/α,β-unsaturated/α-hetero) is 1. The van der Waals surface area contributed by atoms with Crippen molar-refractivity contribution in [2.75, 3.05) is 6.61 Å². The summed E-state index contributed by atoms with van der Waals surface area (Å²) in [5.74, 6) is -2.09. The van der Waals surface area contributed by atoms with E-state index in [-0.39, 0.29) is 23.4 Å². The molecule has 0 spiro atoms. The van der Waals surface area contributed by atoms with Crippen molar-refractivity contribution in [2.45, 2.75) is 6.92 Å². The van der Waals surface area contributed by atoms with Gasteiger partial charge < -0.3 is 4.74 Å². The van der Waals surface area contributed by atoms with Crippen molar-refractivity contribution < 1.29 is 19.2 Å². The summed E-state index contributed by atoms with van der Waals surface area (Å²) in [6.07, 6.45) is 0. The molecule has 7 nitrogen and oxygen atoms in total. The summed E-state index contributed by atoms with van der Waals surface area (Å²) < 4.78 is 4.50. The number of nitro benzene ring substituents is 1. The lowest BCUT2D eigenvalue weighted by molar-refractivity contribution is -0.384. The van der Waals surface area contributed by atoms with Crippen LogP contribution in [0.3, 0.4) is 0 Å². The molecule has 0 radical (unpaired) electrons. The Hall–Kier alpha value is -2.75. The second-order valence-electron chi connectivity index (χ2n) is 3.15. The summed E-state index contributed by atoms with van der Waals surface area (Å²) in [7, 11) is 0. The van der Waals surface area contributed by atoms with E-state index in [0.717, 1.165) is 18.2 Å². The summed E-state index contributed by atoms with van der Waals surface area (Å²) in [6.45, 7) is 1.56. The van der Waals surface area contributed by atoms with Crippen LogP contribution in [0.15, 0.2) is 18.2 Å². The first kappa shape index (κ1) is 13.3. The smallest absolute Gasteiger partial charge is 0.379 e. The molecule has 0 saturated heterocycles. The molecule has 0 fully saturated rings. The Morgan fingerprint density at radius 1 is 1.50 bits per heavy atom. The Kier molecular flexibility index (Phi) is 4.10. The van der Waals surface area contributed by atoms with Crippen LogP contribution in [0.25, 0.3) is 0 Å². The van der Waals surface area contributed by atoms with E-state index in [1.807, 2.05) is 0 Å². The maximum atomic E-state index is 11.6. The Balaban J connectivity index is 3.18. The van der Waals surface area contributed by atoms with Gasteiger partial charge in [-0.1, -0.05) is 0 Å². The Bertz CT molecular complexity index is 559. The molecule has 18 heavy (non-hydrogen) atoms. The van der Waals surface area contributed by atoms with E-state index in [4.69, 9.17) is 5.26 Å². The van der Waals surface area contributed by atoms with E-state index in [2.05, 4.69) is 4.74 Å². The molecule has 0 aliphatic rings. The molecular weight excluding hydrogens is 240 g/mol. The van der Waals surface area contributed by atoms with Gasteiger partial charge in [-0.25, -0.2) is 4.79 Å². The van der Waals surface area contributed by atoms with E-state index in [1.54, 1.807) is 6.07 Å². The molecule has 0 aromatic heterocycles. The van der Waals surface area contributed by atoms with Gasteiger partial charge in [-0.2, -0.15) is 5.26 Å². The molecule has 0 aliphatic heterocycles. The molecule has 7 heteroatoms. The molecule has 0 amide bonds. The molecule has 0 saturated carbocycles. The summed E-state index contributed by atoms with van der Waals surface area (Å²) in [5.41, 5.74) is -0.768. The largest absolute Gasteiger partial charge is 0.460 e. The van der Waals surface area contributed by atoms with Crippen molar-refractivity contribution in [3.05, 3.63) is 39.4 Å². The highest BCUT2D eigenvalue weighted by atomic mass is 16.6. The minimum absolute atomic E-state index is 0.0272. The summed E-state index contributed by atoms with van der Waals surface area (Å²) >= 11 is 0. The van der Waals surface area contributed by atoms with E-state index in [1.165, 1.54) is 6.92 Å². The topological polar surface area (TPSA) is 110 Å².